The highest BCUT2D eigenvalue weighted by atomic mass is 14.9. The Hall–Kier alpha value is -0.860. The van der Waals surface area contributed by atoms with E-state index in [9.17, 15) is 0 Å². The first-order valence-corrected chi connectivity index (χ1v) is 6.21. The molecule has 1 aliphatic rings. The maximum Gasteiger partial charge on any atom is 0.0444 e. The Bertz CT molecular complexity index is 356. The third-order valence-corrected chi connectivity index (χ3v) is 3.52. The third kappa shape index (κ3) is 2.83. The van der Waals surface area contributed by atoms with Gasteiger partial charge in [-0.05, 0) is 55.8 Å². The van der Waals surface area contributed by atoms with Gasteiger partial charge in [-0.2, -0.15) is 0 Å². The van der Waals surface area contributed by atoms with Crippen molar-refractivity contribution in [2.24, 2.45) is 11.7 Å². The molecular formula is C14H22N2. The van der Waals surface area contributed by atoms with Crippen molar-refractivity contribution in [2.75, 3.05) is 13.1 Å². The van der Waals surface area contributed by atoms with Crippen LogP contribution in [0.2, 0.25) is 0 Å². The fourth-order valence-corrected chi connectivity index (χ4v) is 1.95. The highest BCUT2D eigenvalue weighted by Crippen LogP contribution is 2.28. The lowest BCUT2D eigenvalue weighted by Gasteiger charge is -2.18. The molecule has 2 nitrogen and oxygen atoms in total. The summed E-state index contributed by atoms with van der Waals surface area (Å²) in [6.07, 6.45) is 2.77. The third-order valence-electron chi connectivity index (χ3n) is 3.52. The van der Waals surface area contributed by atoms with Gasteiger partial charge in [-0.1, -0.05) is 18.2 Å². The van der Waals surface area contributed by atoms with Gasteiger partial charge in [-0.15, -0.1) is 0 Å². The van der Waals surface area contributed by atoms with Gasteiger partial charge in [-0.25, -0.2) is 0 Å². The second kappa shape index (κ2) is 4.98. The molecule has 0 heterocycles. The highest BCUT2D eigenvalue weighted by Gasteiger charge is 2.22. The molecule has 1 fully saturated rings. The molecule has 0 radical (unpaired) electrons. The van der Waals surface area contributed by atoms with Gasteiger partial charge >= 0.3 is 0 Å². The number of hydrogen-bond acceptors (Lipinski definition) is 2. The Kier molecular flexibility index (Phi) is 3.62. The molecule has 0 aromatic heterocycles. The standard InChI is InChI=1S/C14H22N2/c1-10-3-6-13(7-11(10)2)14(8-15)16-9-12-4-5-12/h3,6-7,12,14,16H,4-5,8-9,15H2,1-2H3. The summed E-state index contributed by atoms with van der Waals surface area (Å²) in [6, 6.07) is 6.96. The van der Waals surface area contributed by atoms with Crippen molar-refractivity contribution in [3.05, 3.63) is 34.9 Å². The summed E-state index contributed by atoms with van der Waals surface area (Å²) >= 11 is 0. The lowest BCUT2D eigenvalue weighted by atomic mass is 10.0. The van der Waals surface area contributed by atoms with Crippen LogP contribution in [0, 0.1) is 19.8 Å². The van der Waals surface area contributed by atoms with Gasteiger partial charge in [0.05, 0.1) is 0 Å². The number of aryl methyl sites for hydroxylation is 2. The lowest BCUT2D eigenvalue weighted by Crippen LogP contribution is -2.29. The molecule has 1 aromatic carbocycles. The van der Waals surface area contributed by atoms with Crippen molar-refractivity contribution >= 4 is 0 Å². The molecule has 1 aliphatic carbocycles. The predicted molar refractivity (Wildman–Crippen MR) is 68.4 cm³/mol. The summed E-state index contributed by atoms with van der Waals surface area (Å²) in [5.41, 5.74) is 9.86. The second-order valence-corrected chi connectivity index (χ2v) is 4.98. The summed E-state index contributed by atoms with van der Waals surface area (Å²) in [5.74, 6) is 0.903. The number of hydrogen-bond donors (Lipinski definition) is 2. The number of nitrogens with one attached hydrogen (secondary N) is 1. The van der Waals surface area contributed by atoms with E-state index in [1.807, 2.05) is 0 Å². The predicted octanol–water partition coefficient (Wildman–Crippen LogP) is 2.30. The molecule has 1 atom stereocenters. The zero-order valence-corrected chi connectivity index (χ0v) is 10.3. The molecule has 0 saturated heterocycles. The Morgan fingerprint density at radius 3 is 2.62 bits per heavy atom. The Morgan fingerprint density at radius 2 is 2.06 bits per heavy atom. The van der Waals surface area contributed by atoms with Crippen molar-refractivity contribution in [3.63, 3.8) is 0 Å². The first-order valence-electron chi connectivity index (χ1n) is 6.21. The number of nitrogens with two attached hydrogens (primary N) is 1. The molecule has 2 rings (SSSR count). The quantitative estimate of drug-likeness (QED) is 0.796. The van der Waals surface area contributed by atoms with Crippen molar-refractivity contribution < 1.29 is 0 Å². The zero-order chi connectivity index (χ0) is 11.5. The smallest absolute Gasteiger partial charge is 0.0444 e. The Labute approximate surface area is 98.2 Å². The molecule has 0 amide bonds. The van der Waals surface area contributed by atoms with Gasteiger partial charge < -0.3 is 11.1 Å². The molecule has 1 unspecified atom stereocenters. The Morgan fingerprint density at radius 1 is 1.31 bits per heavy atom. The van der Waals surface area contributed by atoms with E-state index >= 15 is 0 Å². The van der Waals surface area contributed by atoms with Crippen LogP contribution in [0.3, 0.4) is 0 Å². The van der Waals surface area contributed by atoms with Crippen LogP contribution in [0.5, 0.6) is 0 Å². The van der Waals surface area contributed by atoms with Crippen molar-refractivity contribution in [1.29, 1.82) is 0 Å². The van der Waals surface area contributed by atoms with Crippen LogP contribution in [0.25, 0.3) is 0 Å². The molecule has 0 bridgehead atoms. The van der Waals surface area contributed by atoms with Crippen LogP contribution >= 0.6 is 0 Å². The SMILES string of the molecule is Cc1ccc(C(CN)NCC2CC2)cc1C. The monoisotopic (exact) mass is 218 g/mol. The fourth-order valence-electron chi connectivity index (χ4n) is 1.95. The minimum atomic E-state index is 0.319. The second-order valence-electron chi connectivity index (χ2n) is 4.98. The van der Waals surface area contributed by atoms with Crippen LogP contribution in [0.1, 0.15) is 35.6 Å². The van der Waals surface area contributed by atoms with Gasteiger partial charge in [0.15, 0.2) is 0 Å². The average molecular weight is 218 g/mol. The van der Waals surface area contributed by atoms with E-state index < -0.39 is 0 Å². The van der Waals surface area contributed by atoms with Crippen LogP contribution in [-0.4, -0.2) is 13.1 Å². The molecule has 0 spiro atoms. The minimum Gasteiger partial charge on any atom is -0.329 e. The number of benzene rings is 1. The van der Waals surface area contributed by atoms with Crippen molar-refractivity contribution in [2.45, 2.75) is 32.7 Å². The summed E-state index contributed by atoms with van der Waals surface area (Å²) in [7, 11) is 0. The maximum absolute atomic E-state index is 5.84. The highest BCUT2D eigenvalue weighted by molar-refractivity contribution is 5.31. The van der Waals surface area contributed by atoms with Crippen LogP contribution in [0.15, 0.2) is 18.2 Å². The molecule has 3 N–H and O–H groups in total. The summed E-state index contributed by atoms with van der Waals surface area (Å²) in [4.78, 5) is 0. The van der Waals surface area contributed by atoms with Crippen molar-refractivity contribution in [3.8, 4) is 0 Å². The molecule has 16 heavy (non-hydrogen) atoms. The number of rotatable bonds is 5. The Balaban J connectivity index is 2.02. The van der Waals surface area contributed by atoms with E-state index in [0.29, 0.717) is 12.6 Å². The van der Waals surface area contributed by atoms with Gasteiger partial charge in [0.1, 0.15) is 0 Å². The van der Waals surface area contributed by atoms with Gasteiger partial charge in [0.25, 0.3) is 0 Å². The van der Waals surface area contributed by atoms with Crippen molar-refractivity contribution in [1.82, 2.24) is 5.32 Å². The first kappa shape index (κ1) is 11.6. The minimum absolute atomic E-state index is 0.319. The summed E-state index contributed by atoms with van der Waals surface area (Å²) in [6.45, 7) is 6.10. The van der Waals surface area contributed by atoms with E-state index in [0.717, 1.165) is 12.5 Å². The topological polar surface area (TPSA) is 38.0 Å². The summed E-state index contributed by atoms with van der Waals surface area (Å²) < 4.78 is 0. The molecule has 1 aromatic rings. The van der Waals surface area contributed by atoms with E-state index in [-0.39, 0.29) is 0 Å². The molecule has 88 valence electrons. The van der Waals surface area contributed by atoms with E-state index in [1.165, 1.54) is 29.5 Å². The van der Waals surface area contributed by atoms with Crippen LogP contribution in [-0.2, 0) is 0 Å². The maximum atomic E-state index is 5.84. The normalized spacial score (nSPS) is 17.4. The van der Waals surface area contributed by atoms with Crippen LogP contribution in [0.4, 0.5) is 0 Å². The van der Waals surface area contributed by atoms with Crippen LogP contribution < -0.4 is 11.1 Å². The van der Waals surface area contributed by atoms with E-state index in [4.69, 9.17) is 5.73 Å². The van der Waals surface area contributed by atoms with E-state index in [2.05, 4.69) is 37.4 Å². The zero-order valence-electron chi connectivity index (χ0n) is 10.3. The van der Waals surface area contributed by atoms with E-state index in [1.54, 1.807) is 0 Å². The lowest BCUT2D eigenvalue weighted by molar-refractivity contribution is 0.522. The van der Waals surface area contributed by atoms with Gasteiger partial charge in [0, 0.05) is 12.6 Å². The molecule has 0 aliphatic heterocycles. The average Bonchev–Trinajstić information content (AvgIpc) is 3.08. The summed E-state index contributed by atoms with van der Waals surface area (Å²) in [5, 5.41) is 3.57. The molecule has 1 saturated carbocycles. The molecule has 2 heteroatoms. The first-order chi connectivity index (χ1) is 7.70. The van der Waals surface area contributed by atoms with Gasteiger partial charge in [-0.3, -0.25) is 0 Å². The largest absolute Gasteiger partial charge is 0.329 e. The molecular weight excluding hydrogens is 196 g/mol. The fraction of sp³-hybridized carbons (Fsp3) is 0.571. The van der Waals surface area contributed by atoms with Gasteiger partial charge in [0.2, 0.25) is 0 Å².